The first-order valence-electron chi connectivity index (χ1n) is 11.3. The van der Waals surface area contributed by atoms with Crippen LogP contribution in [0.4, 0.5) is 26.3 Å². The topological polar surface area (TPSA) is 77.0 Å². The number of allylic oxidation sites excluding steroid dienone is 2. The van der Waals surface area contributed by atoms with Gasteiger partial charge in [0.1, 0.15) is 11.5 Å². The van der Waals surface area contributed by atoms with E-state index in [1.807, 2.05) is 0 Å². The molecule has 1 heterocycles. The molecular formula is C22H29F6N5O2S. The number of nitrogens with zero attached hydrogens (tertiary/aromatic N) is 3. The lowest BCUT2D eigenvalue weighted by Crippen LogP contribution is -2.55. The molecule has 0 spiro atoms. The van der Waals surface area contributed by atoms with Gasteiger partial charge in [0, 0.05) is 35.5 Å². The van der Waals surface area contributed by atoms with E-state index in [-0.39, 0.29) is 30.7 Å². The molecule has 14 heteroatoms. The van der Waals surface area contributed by atoms with Gasteiger partial charge in [-0.15, -0.1) is 11.8 Å². The fourth-order valence-corrected chi connectivity index (χ4v) is 5.25. The van der Waals surface area contributed by atoms with E-state index in [0.29, 0.717) is 12.8 Å². The molecule has 3 aliphatic rings. The molecule has 3 fully saturated rings. The van der Waals surface area contributed by atoms with Crippen LogP contribution < -0.4 is 10.6 Å². The van der Waals surface area contributed by atoms with Gasteiger partial charge in [-0.25, -0.2) is 0 Å². The predicted molar refractivity (Wildman–Crippen MR) is 124 cm³/mol. The van der Waals surface area contributed by atoms with Gasteiger partial charge in [-0.3, -0.25) is 19.9 Å². The molecule has 0 bridgehead atoms. The van der Waals surface area contributed by atoms with Crippen LogP contribution in [0.5, 0.6) is 0 Å². The maximum absolute atomic E-state index is 13.7. The summed E-state index contributed by atoms with van der Waals surface area (Å²) in [4.78, 5) is 26.8. The van der Waals surface area contributed by atoms with Crippen LogP contribution in [0.2, 0.25) is 0 Å². The van der Waals surface area contributed by atoms with E-state index < -0.39 is 52.1 Å². The third-order valence-corrected chi connectivity index (χ3v) is 8.17. The SMILES string of the molecule is C=CN(C)/N=C\C(S[C@@H]1C[C@@H](C(=O)NC2(NC)CC2)N(C(=O)C2(C(F)(F)F)CC2)C1)=C(/C)C(F)(F)F. The van der Waals surface area contributed by atoms with E-state index >= 15 is 0 Å². The third kappa shape index (κ3) is 5.84. The Morgan fingerprint density at radius 3 is 2.22 bits per heavy atom. The summed E-state index contributed by atoms with van der Waals surface area (Å²) < 4.78 is 81.5. The number of thioether (sulfide) groups is 1. The van der Waals surface area contributed by atoms with Gasteiger partial charge >= 0.3 is 12.4 Å². The quantitative estimate of drug-likeness (QED) is 0.201. The van der Waals surface area contributed by atoms with Crippen molar-refractivity contribution in [3.05, 3.63) is 23.3 Å². The van der Waals surface area contributed by atoms with Gasteiger partial charge in [0.05, 0.1) is 11.9 Å². The molecule has 2 amide bonds. The summed E-state index contributed by atoms with van der Waals surface area (Å²) in [6, 6.07) is -1.24. The summed E-state index contributed by atoms with van der Waals surface area (Å²) in [6.45, 7) is 4.04. The summed E-state index contributed by atoms with van der Waals surface area (Å²) in [6.07, 6.45) is -6.81. The van der Waals surface area contributed by atoms with Crippen LogP contribution in [-0.2, 0) is 9.59 Å². The number of amides is 2. The molecule has 7 nitrogen and oxygen atoms in total. The van der Waals surface area contributed by atoms with Gasteiger partial charge in [0.2, 0.25) is 11.8 Å². The normalized spacial score (nSPS) is 25.4. The fraction of sp³-hybridized carbons (Fsp3) is 0.682. The average Bonchev–Trinajstić information content (AvgIpc) is 3.71. The van der Waals surface area contributed by atoms with Crippen molar-refractivity contribution < 1.29 is 35.9 Å². The van der Waals surface area contributed by atoms with Crippen LogP contribution in [0.3, 0.4) is 0 Å². The van der Waals surface area contributed by atoms with Crippen LogP contribution in [0.1, 0.15) is 39.0 Å². The first-order chi connectivity index (χ1) is 16.6. The molecule has 2 aliphatic carbocycles. The first kappa shape index (κ1) is 28.4. The lowest BCUT2D eigenvalue weighted by atomic mass is 10.0. The lowest BCUT2D eigenvalue weighted by molar-refractivity contribution is -0.199. The van der Waals surface area contributed by atoms with Gasteiger partial charge in [-0.05, 0) is 46.1 Å². The van der Waals surface area contributed by atoms with Crippen LogP contribution in [0, 0.1) is 5.41 Å². The molecule has 2 atom stereocenters. The molecule has 1 saturated heterocycles. The monoisotopic (exact) mass is 541 g/mol. The Kier molecular flexibility index (Phi) is 7.81. The van der Waals surface area contributed by atoms with Crippen LogP contribution >= 0.6 is 11.8 Å². The Labute approximate surface area is 209 Å². The Balaban J connectivity index is 1.89. The number of hydrazone groups is 1. The number of nitrogens with one attached hydrogen (secondary N) is 2. The van der Waals surface area contributed by atoms with Gasteiger partial charge in [0.15, 0.2) is 0 Å². The van der Waals surface area contributed by atoms with Gasteiger partial charge in [0.25, 0.3) is 0 Å². The zero-order valence-electron chi connectivity index (χ0n) is 20.1. The summed E-state index contributed by atoms with van der Waals surface area (Å²) in [5, 5.41) is 10.0. The highest BCUT2D eigenvalue weighted by atomic mass is 32.2. The number of rotatable bonds is 9. The van der Waals surface area contributed by atoms with E-state index in [1.165, 1.54) is 18.3 Å². The smallest absolute Gasteiger partial charge is 0.336 e. The third-order valence-electron chi connectivity index (χ3n) is 6.83. The van der Waals surface area contributed by atoms with E-state index in [2.05, 4.69) is 22.3 Å². The highest BCUT2D eigenvalue weighted by Gasteiger charge is 2.70. The van der Waals surface area contributed by atoms with Crippen molar-refractivity contribution in [1.29, 1.82) is 0 Å². The highest BCUT2D eigenvalue weighted by Crippen LogP contribution is 2.59. The van der Waals surface area contributed by atoms with E-state index in [0.717, 1.165) is 29.8 Å². The van der Waals surface area contributed by atoms with E-state index in [1.54, 1.807) is 7.05 Å². The molecule has 3 rings (SSSR count). The summed E-state index contributed by atoms with van der Waals surface area (Å²) in [7, 11) is 3.09. The minimum atomic E-state index is -4.78. The molecule has 2 N–H and O–H groups in total. The van der Waals surface area contributed by atoms with Crippen LogP contribution in [0.25, 0.3) is 0 Å². The van der Waals surface area contributed by atoms with Crippen LogP contribution in [-0.4, -0.2) is 77.9 Å². The van der Waals surface area contributed by atoms with Crippen molar-refractivity contribution >= 4 is 29.8 Å². The van der Waals surface area contributed by atoms with Crippen molar-refractivity contribution in [2.24, 2.45) is 10.5 Å². The Morgan fingerprint density at radius 1 is 1.17 bits per heavy atom. The lowest BCUT2D eigenvalue weighted by Gasteiger charge is -2.30. The number of likely N-dealkylation sites (tertiary alicyclic amines) is 1. The Hall–Kier alpha value is -2.22. The Morgan fingerprint density at radius 2 is 1.78 bits per heavy atom. The number of halogens is 6. The number of carbonyl (C=O) groups is 2. The van der Waals surface area contributed by atoms with Crippen molar-refractivity contribution in [2.75, 3.05) is 20.6 Å². The van der Waals surface area contributed by atoms with Crippen molar-refractivity contribution in [3.63, 3.8) is 0 Å². The summed E-state index contributed by atoms with van der Waals surface area (Å²) in [5.74, 6) is -1.83. The van der Waals surface area contributed by atoms with E-state index in [4.69, 9.17) is 0 Å². The molecule has 0 aromatic rings. The predicted octanol–water partition coefficient (Wildman–Crippen LogP) is 3.75. The number of carbonyl (C=O) groups excluding carboxylic acids is 2. The second-order valence-electron chi connectivity index (χ2n) is 9.34. The highest BCUT2D eigenvalue weighted by molar-refractivity contribution is 8.04. The Bertz CT molecular complexity index is 956. The van der Waals surface area contributed by atoms with Crippen molar-refractivity contribution in [3.8, 4) is 0 Å². The van der Waals surface area contributed by atoms with E-state index in [9.17, 15) is 35.9 Å². The maximum atomic E-state index is 13.7. The molecule has 1 aliphatic heterocycles. The minimum absolute atomic E-state index is 0.101. The summed E-state index contributed by atoms with van der Waals surface area (Å²) in [5.41, 5.74) is -4.17. The second kappa shape index (κ2) is 9.92. The van der Waals surface area contributed by atoms with Gasteiger partial charge < -0.3 is 10.2 Å². The average molecular weight is 542 g/mol. The molecule has 36 heavy (non-hydrogen) atoms. The largest absolute Gasteiger partial charge is 0.413 e. The van der Waals surface area contributed by atoms with Gasteiger partial charge in [-0.2, -0.15) is 31.4 Å². The number of hydrogen-bond donors (Lipinski definition) is 2. The minimum Gasteiger partial charge on any atom is -0.336 e. The molecule has 0 aromatic carbocycles. The number of alkyl halides is 6. The zero-order valence-corrected chi connectivity index (χ0v) is 20.9. The molecule has 0 unspecified atom stereocenters. The zero-order chi connectivity index (χ0) is 27.1. The van der Waals surface area contributed by atoms with Crippen molar-refractivity contribution in [2.45, 2.75) is 68.3 Å². The molecule has 202 valence electrons. The van der Waals surface area contributed by atoms with Gasteiger partial charge in [-0.1, -0.05) is 6.58 Å². The van der Waals surface area contributed by atoms with Crippen molar-refractivity contribution in [1.82, 2.24) is 20.5 Å². The first-order valence-corrected chi connectivity index (χ1v) is 12.2. The fourth-order valence-electron chi connectivity index (χ4n) is 3.98. The number of hydrogen-bond acceptors (Lipinski definition) is 6. The molecule has 0 radical (unpaired) electrons. The maximum Gasteiger partial charge on any atom is 0.413 e. The second-order valence-corrected chi connectivity index (χ2v) is 10.7. The molecule has 2 saturated carbocycles. The molecular weight excluding hydrogens is 512 g/mol. The summed E-state index contributed by atoms with van der Waals surface area (Å²) >= 11 is 0.739. The van der Waals surface area contributed by atoms with Crippen LogP contribution in [0.15, 0.2) is 28.4 Å². The molecule has 0 aromatic heterocycles. The standard InChI is InChI=1S/C22H29F6N5O2S/c1-5-32(4)30-11-16(13(2)21(23,24)25)36-14-10-15(17(34)31-20(29-3)8-9-20)33(12-14)18(35)19(6-7-19)22(26,27)28/h5,11,14-15,29H,1,6-10,12H2,2-4H3,(H,31,34)/b16-13-,30-11-/t14-,15+/m1/s1.